The molecule has 0 saturated carbocycles. The van der Waals surface area contributed by atoms with Gasteiger partial charge in [-0.2, -0.15) is 0 Å². The van der Waals surface area contributed by atoms with Crippen LogP contribution >= 0.6 is 27.7 Å². The first kappa shape index (κ1) is 17.0. The summed E-state index contributed by atoms with van der Waals surface area (Å²) < 4.78 is 1.49. The van der Waals surface area contributed by atoms with Gasteiger partial charge in [0.05, 0.1) is 6.54 Å². The molecule has 5 nitrogen and oxygen atoms in total. The van der Waals surface area contributed by atoms with Crippen LogP contribution in [0.15, 0.2) is 52.4 Å². The van der Waals surface area contributed by atoms with E-state index in [0.717, 1.165) is 10.9 Å². The SMILES string of the molecule is CC(C)(Sc1nnc(Br)n1Cc1cccc2ccccc12)C(=O)O. The van der Waals surface area contributed by atoms with Crippen molar-refractivity contribution in [2.24, 2.45) is 0 Å². The molecule has 1 heterocycles. The second-order valence-corrected chi connectivity index (χ2v) is 8.19. The molecule has 0 aliphatic rings. The van der Waals surface area contributed by atoms with Gasteiger partial charge in [-0.3, -0.25) is 9.36 Å². The molecule has 0 bridgehead atoms. The molecule has 2 aromatic carbocycles. The van der Waals surface area contributed by atoms with E-state index in [1.807, 2.05) is 22.8 Å². The third-order valence-corrected chi connectivity index (χ3v) is 5.50. The fourth-order valence-electron chi connectivity index (χ4n) is 2.35. The van der Waals surface area contributed by atoms with E-state index in [4.69, 9.17) is 0 Å². The quantitative estimate of drug-likeness (QED) is 0.644. The molecule has 3 aromatic rings. The molecular weight excluding hydrogens is 390 g/mol. The fourth-order valence-corrected chi connectivity index (χ4v) is 3.73. The summed E-state index contributed by atoms with van der Waals surface area (Å²) in [4.78, 5) is 11.4. The highest BCUT2D eigenvalue weighted by Crippen LogP contribution is 2.33. The van der Waals surface area contributed by atoms with Gasteiger partial charge in [-0.1, -0.05) is 54.2 Å². The number of benzene rings is 2. The van der Waals surface area contributed by atoms with Crippen LogP contribution in [0.25, 0.3) is 10.8 Å². The van der Waals surface area contributed by atoms with Crippen molar-refractivity contribution < 1.29 is 9.90 Å². The van der Waals surface area contributed by atoms with Crippen LogP contribution < -0.4 is 0 Å². The first-order valence-corrected chi connectivity index (χ1v) is 8.97. The number of aromatic nitrogens is 3. The van der Waals surface area contributed by atoms with Crippen molar-refractivity contribution in [3.05, 3.63) is 52.8 Å². The first-order chi connectivity index (χ1) is 11.4. The van der Waals surface area contributed by atoms with Crippen molar-refractivity contribution in [3.8, 4) is 0 Å². The minimum atomic E-state index is -0.983. The van der Waals surface area contributed by atoms with E-state index in [1.54, 1.807) is 13.8 Å². The lowest BCUT2D eigenvalue weighted by Crippen LogP contribution is -2.27. The molecule has 7 heteroatoms. The van der Waals surface area contributed by atoms with Gasteiger partial charge in [0.15, 0.2) is 5.16 Å². The smallest absolute Gasteiger partial charge is 0.319 e. The molecule has 1 N–H and O–H groups in total. The number of carboxylic acid groups (broad SMARTS) is 1. The fraction of sp³-hybridized carbons (Fsp3) is 0.235. The number of carboxylic acids is 1. The van der Waals surface area contributed by atoms with E-state index >= 15 is 0 Å². The number of rotatable bonds is 5. The number of aliphatic carboxylic acids is 1. The largest absolute Gasteiger partial charge is 0.480 e. The highest BCUT2D eigenvalue weighted by atomic mass is 79.9. The van der Waals surface area contributed by atoms with Crippen LogP contribution in [0.3, 0.4) is 0 Å². The molecule has 0 spiro atoms. The summed E-state index contributed by atoms with van der Waals surface area (Å²) in [5.41, 5.74) is 1.13. The second kappa shape index (κ2) is 6.57. The molecule has 124 valence electrons. The third kappa shape index (κ3) is 3.32. The monoisotopic (exact) mass is 405 g/mol. The van der Waals surface area contributed by atoms with Crippen molar-refractivity contribution in [3.63, 3.8) is 0 Å². The predicted molar refractivity (Wildman–Crippen MR) is 98.3 cm³/mol. The van der Waals surface area contributed by atoms with Gasteiger partial charge in [0, 0.05) is 0 Å². The number of thioether (sulfide) groups is 1. The summed E-state index contributed by atoms with van der Waals surface area (Å²) in [7, 11) is 0. The highest BCUT2D eigenvalue weighted by molar-refractivity contribution is 9.10. The Kier molecular flexibility index (Phi) is 4.64. The summed E-state index contributed by atoms with van der Waals surface area (Å²) in [6.07, 6.45) is 0. The molecular formula is C17H16BrN3O2S. The zero-order valence-corrected chi connectivity index (χ0v) is 15.6. The Morgan fingerprint density at radius 3 is 2.67 bits per heavy atom. The van der Waals surface area contributed by atoms with Crippen molar-refractivity contribution in [2.45, 2.75) is 30.3 Å². The van der Waals surface area contributed by atoms with E-state index in [1.165, 1.54) is 17.1 Å². The molecule has 0 aliphatic heterocycles. The van der Waals surface area contributed by atoms with Gasteiger partial charge in [-0.25, -0.2) is 0 Å². The molecule has 0 amide bonds. The third-order valence-electron chi connectivity index (χ3n) is 3.74. The van der Waals surface area contributed by atoms with Crippen molar-refractivity contribution in [1.82, 2.24) is 14.8 Å². The van der Waals surface area contributed by atoms with Gasteiger partial charge < -0.3 is 5.11 Å². The average Bonchev–Trinajstić information content (AvgIpc) is 2.88. The molecule has 1 aromatic heterocycles. The van der Waals surface area contributed by atoms with E-state index in [0.29, 0.717) is 16.4 Å². The molecule has 0 saturated heterocycles. The van der Waals surface area contributed by atoms with Crippen LogP contribution in [0, 0.1) is 0 Å². The Bertz CT molecular complexity index is 902. The molecule has 0 aliphatic carbocycles. The van der Waals surface area contributed by atoms with E-state index in [9.17, 15) is 9.90 Å². The van der Waals surface area contributed by atoms with Crippen LogP contribution in [-0.2, 0) is 11.3 Å². The highest BCUT2D eigenvalue weighted by Gasteiger charge is 2.31. The summed E-state index contributed by atoms with van der Waals surface area (Å²) in [6, 6.07) is 14.3. The van der Waals surface area contributed by atoms with Crippen LogP contribution in [0.5, 0.6) is 0 Å². The first-order valence-electron chi connectivity index (χ1n) is 7.36. The number of fused-ring (bicyclic) bond motifs is 1. The van der Waals surface area contributed by atoms with Gasteiger partial charge >= 0.3 is 5.97 Å². The van der Waals surface area contributed by atoms with Crippen molar-refractivity contribution in [2.75, 3.05) is 0 Å². The van der Waals surface area contributed by atoms with Crippen molar-refractivity contribution in [1.29, 1.82) is 0 Å². The maximum Gasteiger partial charge on any atom is 0.319 e. The number of halogens is 1. The Hall–Kier alpha value is -1.86. The standard InChI is InChI=1S/C17H16BrN3O2S/c1-17(2,14(22)23)24-16-20-19-15(18)21(16)10-12-8-5-7-11-6-3-4-9-13(11)12/h3-9H,10H2,1-2H3,(H,22,23). The van der Waals surface area contributed by atoms with Gasteiger partial charge in [-0.15, -0.1) is 10.2 Å². The summed E-state index contributed by atoms with van der Waals surface area (Å²) in [5.74, 6) is -0.886. The molecule has 24 heavy (non-hydrogen) atoms. The predicted octanol–water partition coefficient (Wildman–Crippen LogP) is 4.20. The number of carbonyl (C=O) groups is 1. The molecule has 0 fully saturated rings. The van der Waals surface area contributed by atoms with E-state index in [2.05, 4.69) is 50.4 Å². The molecule has 0 unspecified atom stereocenters. The lowest BCUT2D eigenvalue weighted by molar-refractivity contribution is -0.138. The number of nitrogens with zero attached hydrogens (tertiary/aromatic N) is 3. The topological polar surface area (TPSA) is 68.0 Å². The lowest BCUT2D eigenvalue weighted by atomic mass is 10.0. The van der Waals surface area contributed by atoms with Gasteiger partial charge in [-0.05, 0) is 46.1 Å². The maximum absolute atomic E-state index is 11.4. The minimum absolute atomic E-state index is 0.562. The number of hydrogen-bond donors (Lipinski definition) is 1. The van der Waals surface area contributed by atoms with Gasteiger partial charge in [0.1, 0.15) is 4.75 Å². The molecule has 3 rings (SSSR count). The van der Waals surface area contributed by atoms with Crippen molar-refractivity contribution >= 4 is 44.4 Å². The van der Waals surface area contributed by atoms with Crippen LogP contribution in [-0.4, -0.2) is 30.6 Å². The van der Waals surface area contributed by atoms with Gasteiger partial charge in [0.25, 0.3) is 0 Å². The summed E-state index contributed by atoms with van der Waals surface area (Å²) in [5, 5.41) is 20.4. The van der Waals surface area contributed by atoms with E-state index in [-0.39, 0.29) is 0 Å². The summed E-state index contributed by atoms with van der Waals surface area (Å²) >= 11 is 4.60. The van der Waals surface area contributed by atoms with Crippen LogP contribution in [0.2, 0.25) is 0 Å². The maximum atomic E-state index is 11.4. The lowest BCUT2D eigenvalue weighted by Gasteiger charge is -2.18. The Balaban J connectivity index is 1.98. The minimum Gasteiger partial charge on any atom is -0.480 e. The molecule has 0 atom stereocenters. The normalized spacial score (nSPS) is 11.8. The summed E-state index contributed by atoms with van der Waals surface area (Å²) in [6.45, 7) is 3.88. The molecule has 0 radical (unpaired) electrons. The number of hydrogen-bond acceptors (Lipinski definition) is 4. The zero-order valence-electron chi connectivity index (χ0n) is 13.2. The Morgan fingerprint density at radius 2 is 1.92 bits per heavy atom. The Labute approximate surface area is 152 Å². The average molecular weight is 406 g/mol. The van der Waals surface area contributed by atoms with E-state index < -0.39 is 10.7 Å². The van der Waals surface area contributed by atoms with Crippen LogP contribution in [0.4, 0.5) is 0 Å². The van der Waals surface area contributed by atoms with Gasteiger partial charge in [0.2, 0.25) is 4.73 Å². The second-order valence-electron chi connectivity index (χ2n) is 5.89. The Morgan fingerprint density at radius 1 is 1.21 bits per heavy atom. The van der Waals surface area contributed by atoms with Crippen LogP contribution in [0.1, 0.15) is 19.4 Å². The zero-order chi connectivity index (χ0) is 17.3.